The minimum atomic E-state index is -1.000. The first-order chi connectivity index (χ1) is 9.13. The number of amides is 1. The Morgan fingerprint density at radius 3 is 2.53 bits per heavy atom. The van der Waals surface area contributed by atoms with Gasteiger partial charge in [0.2, 0.25) is 5.91 Å². The van der Waals surface area contributed by atoms with Gasteiger partial charge in [0.15, 0.2) is 0 Å². The quantitative estimate of drug-likeness (QED) is 0.724. The van der Waals surface area contributed by atoms with E-state index in [1.807, 2.05) is 30.3 Å². The molecule has 19 heavy (non-hydrogen) atoms. The summed E-state index contributed by atoms with van der Waals surface area (Å²) in [6, 6.07) is 9.68. The fraction of sp³-hybridized carbons (Fsp3) is 0.429. The number of carboxylic acids is 1. The topological polar surface area (TPSA) is 66.8 Å². The smallest absolute Gasteiger partial charge is 0.323 e. The van der Waals surface area contributed by atoms with E-state index < -0.39 is 5.97 Å². The van der Waals surface area contributed by atoms with Crippen molar-refractivity contribution in [1.29, 1.82) is 0 Å². The van der Waals surface area contributed by atoms with Gasteiger partial charge in [0.1, 0.15) is 6.54 Å². The summed E-state index contributed by atoms with van der Waals surface area (Å²) >= 11 is 0. The van der Waals surface area contributed by atoms with Gasteiger partial charge in [-0.15, -0.1) is 0 Å². The first kappa shape index (κ1) is 15.2. The highest BCUT2D eigenvalue weighted by molar-refractivity contribution is 5.81. The monoisotopic (exact) mass is 265 g/mol. The standard InChI is InChI=1S/C14H19NO4/c1-2-15(10-14(17)18)13(16)8-9-19-11-12-6-4-3-5-7-12/h3-7H,2,8-11H2,1H3,(H,17,18). The Morgan fingerprint density at radius 1 is 1.26 bits per heavy atom. The van der Waals surface area contributed by atoms with Gasteiger partial charge in [0, 0.05) is 6.54 Å². The lowest BCUT2D eigenvalue weighted by Gasteiger charge is -2.18. The van der Waals surface area contributed by atoms with Crippen LogP contribution in [0.15, 0.2) is 30.3 Å². The van der Waals surface area contributed by atoms with Crippen molar-refractivity contribution in [2.45, 2.75) is 20.0 Å². The van der Waals surface area contributed by atoms with E-state index in [0.717, 1.165) is 5.56 Å². The van der Waals surface area contributed by atoms with Crippen LogP contribution in [0, 0.1) is 0 Å². The van der Waals surface area contributed by atoms with Crippen LogP contribution in [0.1, 0.15) is 18.9 Å². The van der Waals surface area contributed by atoms with Gasteiger partial charge in [0.25, 0.3) is 0 Å². The van der Waals surface area contributed by atoms with E-state index in [0.29, 0.717) is 19.8 Å². The maximum absolute atomic E-state index is 11.7. The molecule has 104 valence electrons. The first-order valence-corrected chi connectivity index (χ1v) is 6.24. The van der Waals surface area contributed by atoms with Crippen LogP contribution in [0.3, 0.4) is 0 Å². The molecule has 0 heterocycles. The van der Waals surface area contributed by atoms with Gasteiger partial charge in [-0.25, -0.2) is 0 Å². The maximum atomic E-state index is 11.7. The fourth-order valence-electron chi connectivity index (χ4n) is 1.62. The molecule has 1 N–H and O–H groups in total. The molecule has 0 unspecified atom stereocenters. The van der Waals surface area contributed by atoms with Crippen molar-refractivity contribution >= 4 is 11.9 Å². The minimum Gasteiger partial charge on any atom is -0.480 e. The Balaban J connectivity index is 2.24. The second-order valence-corrected chi connectivity index (χ2v) is 4.09. The molecule has 0 aliphatic heterocycles. The number of carbonyl (C=O) groups is 2. The largest absolute Gasteiger partial charge is 0.480 e. The van der Waals surface area contributed by atoms with Crippen molar-refractivity contribution in [3.63, 3.8) is 0 Å². The zero-order valence-electron chi connectivity index (χ0n) is 11.0. The Labute approximate surface area is 112 Å². The summed E-state index contributed by atoms with van der Waals surface area (Å²) in [6.45, 7) is 2.65. The third-order valence-electron chi connectivity index (χ3n) is 2.63. The van der Waals surface area contributed by atoms with Crippen LogP contribution >= 0.6 is 0 Å². The fourth-order valence-corrected chi connectivity index (χ4v) is 1.62. The summed E-state index contributed by atoms with van der Waals surface area (Å²) in [5.41, 5.74) is 1.05. The van der Waals surface area contributed by atoms with E-state index in [1.54, 1.807) is 6.92 Å². The zero-order valence-corrected chi connectivity index (χ0v) is 11.0. The molecule has 0 saturated heterocycles. The normalized spacial score (nSPS) is 10.2. The van der Waals surface area contributed by atoms with Gasteiger partial charge >= 0.3 is 5.97 Å². The molecule has 0 saturated carbocycles. The Kier molecular flexibility index (Phi) is 6.60. The van der Waals surface area contributed by atoms with E-state index in [4.69, 9.17) is 9.84 Å². The lowest BCUT2D eigenvalue weighted by Crippen LogP contribution is -2.35. The van der Waals surface area contributed by atoms with Crippen molar-refractivity contribution in [1.82, 2.24) is 4.90 Å². The molecule has 1 amide bonds. The molecule has 0 fully saturated rings. The number of nitrogens with zero attached hydrogens (tertiary/aromatic N) is 1. The lowest BCUT2D eigenvalue weighted by molar-refractivity contribution is -0.144. The Morgan fingerprint density at radius 2 is 1.95 bits per heavy atom. The number of carbonyl (C=O) groups excluding carboxylic acids is 1. The molecular formula is C14H19NO4. The number of likely N-dealkylation sites (N-methyl/N-ethyl adjacent to an activating group) is 1. The number of benzene rings is 1. The van der Waals surface area contributed by atoms with Crippen LogP contribution in [-0.2, 0) is 20.9 Å². The zero-order chi connectivity index (χ0) is 14.1. The van der Waals surface area contributed by atoms with Crippen molar-refractivity contribution < 1.29 is 19.4 Å². The van der Waals surface area contributed by atoms with E-state index >= 15 is 0 Å². The van der Waals surface area contributed by atoms with Crippen LogP contribution in [0.4, 0.5) is 0 Å². The molecular weight excluding hydrogens is 246 g/mol. The number of hydrogen-bond acceptors (Lipinski definition) is 3. The maximum Gasteiger partial charge on any atom is 0.323 e. The molecule has 0 aliphatic rings. The number of carboxylic acid groups (broad SMARTS) is 1. The van der Waals surface area contributed by atoms with Crippen LogP contribution in [0.5, 0.6) is 0 Å². The molecule has 0 atom stereocenters. The molecule has 0 bridgehead atoms. The third-order valence-corrected chi connectivity index (χ3v) is 2.63. The van der Waals surface area contributed by atoms with Crippen LogP contribution in [0.2, 0.25) is 0 Å². The number of rotatable bonds is 8. The SMILES string of the molecule is CCN(CC(=O)O)C(=O)CCOCc1ccccc1. The number of aliphatic carboxylic acids is 1. The van der Waals surface area contributed by atoms with Crippen LogP contribution < -0.4 is 0 Å². The van der Waals surface area contributed by atoms with Gasteiger partial charge < -0.3 is 14.7 Å². The van der Waals surface area contributed by atoms with Crippen molar-refractivity contribution in [2.75, 3.05) is 19.7 Å². The first-order valence-electron chi connectivity index (χ1n) is 6.24. The van der Waals surface area contributed by atoms with Gasteiger partial charge in [-0.2, -0.15) is 0 Å². The molecule has 1 aromatic rings. The minimum absolute atomic E-state index is 0.196. The molecule has 0 aromatic heterocycles. The predicted octanol–water partition coefficient (Wildman–Crippen LogP) is 1.53. The second-order valence-electron chi connectivity index (χ2n) is 4.09. The predicted molar refractivity (Wildman–Crippen MR) is 70.6 cm³/mol. The average molecular weight is 265 g/mol. The molecule has 5 heteroatoms. The van der Waals surface area contributed by atoms with E-state index in [-0.39, 0.29) is 18.9 Å². The Hall–Kier alpha value is -1.88. The highest BCUT2D eigenvalue weighted by Gasteiger charge is 2.14. The van der Waals surface area contributed by atoms with Crippen molar-refractivity contribution in [2.24, 2.45) is 0 Å². The molecule has 1 aromatic carbocycles. The molecule has 0 spiro atoms. The van der Waals surface area contributed by atoms with Crippen LogP contribution in [-0.4, -0.2) is 41.6 Å². The van der Waals surface area contributed by atoms with Crippen molar-refractivity contribution in [3.8, 4) is 0 Å². The summed E-state index contributed by atoms with van der Waals surface area (Å²) in [4.78, 5) is 23.6. The summed E-state index contributed by atoms with van der Waals surface area (Å²) in [6.07, 6.45) is 0.202. The summed E-state index contributed by atoms with van der Waals surface area (Å²) in [7, 11) is 0. The van der Waals surface area contributed by atoms with Gasteiger partial charge in [-0.05, 0) is 12.5 Å². The Bertz CT molecular complexity index is 405. The number of ether oxygens (including phenoxy) is 1. The lowest BCUT2D eigenvalue weighted by atomic mass is 10.2. The van der Waals surface area contributed by atoms with Gasteiger partial charge in [0.05, 0.1) is 19.6 Å². The molecule has 5 nitrogen and oxygen atoms in total. The van der Waals surface area contributed by atoms with Crippen molar-refractivity contribution in [3.05, 3.63) is 35.9 Å². The number of hydrogen-bond donors (Lipinski definition) is 1. The molecule has 0 aliphatic carbocycles. The summed E-state index contributed by atoms with van der Waals surface area (Å²) in [5, 5.41) is 8.66. The summed E-state index contributed by atoms with van der Waals surface area (Å²) < 4.78 is 5.40. The molecule has 0 radical (unpaired) electrons. The second kappa shape index (κ2) is 8.26. The highest BCUT2D eigenvalue weighted by atomic mass is 16.5. The van der Waals surface area contributed by atoms with E-state index in [1.165, 1.54) is 4.90 Å². The van der Waals surface area contributed by atoms with E-state index in [2.05, 4.69) is 0 Å². The van der Waals surface area contributed by atoms with Gasteiger partial charge in [-0.3, -0.25) is 9.59 Å². The average Bonchev–Trinajstić information content (AvgIpc) is 2.41. The third kappa shape index (κ3) is 6.01. The summed E-state index contributed by atoms with van der Waals surface area (Å²) in [5.74, 6) is -1.20. The van der Waals surface area contributed by atoms with E-state index in [9.17, 15) is 9.59 Å². The van der Waals surface area contributed by atoms with Crippen LogP contribution in [0.25, 0.3) is 0 Å². The van der Waals surface area contributed by atoms with Gasteiger partial charge in [-0.1, -0.05) is 30.3 Å². The molecule has 1 rings (SSSR count). The highest BCUT2D eigenvalue weighted by Crippen LogP contribution is 2.02.